The van der Waals surface area contributed by atoms with Gasteiger partial charge >= 0.3 is 6.18 Å². The molecule has 3 atom stereocenters. The molecule has 9 rings (SSSR count). The molecule has 3 saturated heterocycles. The number of aromatic nitrogens is 6. The molecular formula is C57H79F6N15O3S. The summed E-state index contributed by atoms with van der Waals surface area (Å²) in [5.41, 5.74) is 16.6. The van der Waals surface area contributed by atoms with E-state index in [0.717, 1.165) is 36.1 Å². The highest BCUT2D eigenvalue weighted by molar-refractivity contribution is 7.15. The molecule has 18 nitrogen and oxygen atoms in total. The molecule has 0 radical (unpaired) electrons. The van der Waals surface area contributed by atoms with Gasteiger partial charge in [-0.15, -0.1) is 11.3 Å². The average molecular weight is 1170 g/mol. The highest BCUT2D eigenvalue weighted by Crippen LogP contribution is 2.32. The van der Waals surface area contributed by atoms with Crippen molar-refractivity contribution in [1.82, 2.24) is 45.9 Å². The Labute approximate surface area is 484 Å². The van der Waals surface area contributed by atoms with Gasteiger partial charge in [0, 0.05) is 114 Å². The van der Waals surface area contributed by atoms with Crippen molar-refractivity contribution in [2.45, 2.75) is 77.4 Å². The molecule has 3 aliphatic rings. The second-order valence-electron chi connectivity index (χ2n) is 20.9. The van der Waals surface area contributed by atoms with Crippen molar-refractivity contribution in [3.8, 4) is 0 Å². The Morgan fingerprint density at radius 1 is 0.634 bits per heavy atom. The minimum absolute atomic E-state index is 0. The first-order chi connectivity index (χ1) is 38.8. The van der Waals surface area contributed by atoms with Gasteiger partial charge in [0.2, 0.25) is 17.3 Å². The normalized spacial score (nSPS) is 17.5. The van der Waals surface area contributed by atoms with Gasteiger partial charge in [0.15, 0.2) is 5.13 Å². The number of halogens is 6. The molecule has 448 valence electrons. The summed E-state index contributed by atoms with van der Waals surface area (Å²) >= 11 is 1.58. The lowest BCUT2D eigenvalue weighted by atomic mass is 9.99. The minimum atomic E-state index is -4.42. The first-order valence-corrected chi connectivity index (χ1v) is 27.3. The number of alkyl halides is 4. The van der Waals surface area contributed by atoms with Gasteiger partial charge < -0.3 is 47.9 Å². The van der Waals surface area contributed by atoms with Crippen LogP contribution in [-0.2, 0) is 0 Å². The van der Waals surface area contributed by atoms with Crippen LogP contribution in [-0.4, -0.2) is 136 Å². The van der Waals surface area contributed by atoms with Gasteiger partial charge in [0.05, 0.1) is 16.7 Å². The van der Waals surface area contributed by atoms with E-state index in [4.69, 9.17) is 17.2 Å². The number of nitrogen functional groups attached to an aromatic ring is 3. The fourth-order valence-corrected chi connectivity index (χ4v) is 10.6. The highest BCUT2D eigenvalue weighted by atomic mass is 32.1. The Bertz CT molecular complexity index is 3310. The van der Waals surface area contributed by atoms with Crippen molar-refractivity contribution in [2.24, 2.45) is 5.92 Å². The van der Waals surface area contributed by atoms with Gasteiger partial charge in [-0.2, -0.15) is 13.2 Å². The average Bonchev–Trinajstić information content (AvgIpc) is 3.43. The zero-order valence-corrected chi connectivity index (χ0v) is 47.0. The molecule has 0 amide bonds. The van der Waals surface area contributed by atoms with Crippen LogP contribution in [0.4, 0.5) is 60.6 Å². The lowest BCUT2D eigenvalue weighted by Gasteiger charge is -2.36. The van der Waals surface area contributed by atoms with Crippen molar-refractivity contribution < 1.29 is 49.3 Å². The van der Waals surface area contributed by atoms with Gasteiger partial charge in [-0.3, -0.25) is 14.4 Å². The lowest BCUT2D eigenvalue weighted by molar-refractivity contribution is -0.155. The topological polar surface area (TPSA) is 252 Å². The minimum Gasteiger partial charge on any atom is -0.383 e. The number of nitrogens with zero attached hydrogens (tertiary/aromatic N) is 9. The quantitative estimate of drug-likeness (QED) is 0.0413. The molecule has 9 heterocycles. The Morgan fingerprint density at radius 3 is 1.50 bits per heavy atom. The molecule has 6 aromatic rings. The van der Waals surface area contributed by atoms with Gasteiger partial charge in [0.1, 0.15) is 69.5 Å². The molecule has 25 heteroatoms. The van der Waals surface area contributed by atoms with E-state index in [2.05, 4.69) is 77.8 Å². The summed E-state index contributed by atoms with van der Waals surface area (Å²) in [7, 11) is 0. The number of anilines is 6. The predicted molar refractivity (Wildman–Crippen MR) is 322 cm³/mol. The third-order valence-electron chi connectivity index (χ3n) is 13.5. The SMILES string of the molecule is C=C(F)c1ccc(N2CCNC(C(F)(F)F)C2)nc1C(=O)c1cccnc1N.C=C(F)c1ccc(N2CCNC(CC(C)(C)F)C2)nc1C(=O)c1cccnc1N.Cc1sc(N2CCN[C@@H](CC(C)C)C2)nc1C(=O)c1cccnc1N.[HH].[HH].[HH].[HH].[HH].[HH]. The van der Waals surface area contributed by atoms with Gasteiger partial charge in [-0.1, -0.05) is 27.0 Å². The van der Waals surface area contributed by atoms with E-state index in [-0.39, 0.29) is 96.9 Å². The molecule has 0 spiro atoms. The van der Waals surface area contributed by atoms with E-state index in [1.54, 1.807) is 55.6 Å². The number of piperazine rings is 3. The van der Waals surface area contributed by atoms with Crippen molar-refractivity contribution in [1.29, 1.82) is 0 Å². The van der Waals surface area contributed by atoms with Crippen LogP contribution in [0.25, 0.3) is 11.7 Å². The first-order valence-electron chi connectivity index (χ1n) is 26.4. The van der Waals surface area contributed by atoms with Crippen LogP contribution in [0, 0.1) is 12.8 Å². The second kappa shape index (κ2) is 26.8. The second-order valence-corrected chi connectivity index (χ2v) is 22.1. The maximum Gasteiger partial charge on any atom is 0.405 e. The fourth-order valence-electron chi connectivity index (χ4n) is 9.63. The molecule has 2 unspecified atom stereocenters. The van der Waals surface area contributed by atoms with Crippen molar-refractivity contribution in [3.63, 3.8) is 0 Å². The number of ketones is 3. The summed E-state index contributed by atoms with van der Waals surface area (Å²) in [5.74, 6) is -1.48. The van der Waals surface area contributed by atoms with Crippen LogP contribution < -0.4 is 47.9 Å². The molecule has 3 fully saturated rings. The number of nitrogens with one attached hydrogen (secondary N) is 3. The van der Waals surface area contributed by atoms with E-state index in [1.807, 2.05) is 11.8 Å². The third kappa shape index (κ3) is 15.8. The molecule has 0 aromatic carbocycles. The number of carbonyl (C=O) groups is 3. The van der Waals surface area contributed by atoms with Gasteiger partial charge in [-0.25, -0.2) is 43.1 Å². The van der Waals surface area contributed by atoms with E-state index in [1.165, 1.54) is 53.7 Å². The van der Waals surface area contributed by atoms with Crippen molar-refractivity contribution >= 4 is 74.6 Å². The molecule has 0 aliphatic carbocycles. The number of hydrogen-bond donors (Lipinski definition) is 6. The molecule has 3 aliphatic heterocycles. The summed E-state index contributed by atoms with van der Waals surface area (Å²) in [6.07, 6.45) is 1.51. The fraction of sp³-hybridized carbons (Fsp3) is 0.386. The zero-order valence-electron chi connectivity index (χ0n) is 46.2. The standard InChI is InChI=1S/C21H25F2N5O.C18H17F4N5O.C18H25N5OS.6H2/c1-13(22)15-6-7-17(28-10-9-25-14(12-28)11-21(2,3)23)27-18(15)19(29)16-5-4-8-26-20(16)24;1-10(19)11-4-5-14(27-8-7-24-13(9-27)18(20,21)22)26-15(11)16(28)12-3-2-6-25-17(12)23;1-11(2)9-13-10-23(8-7-20-13)18-22-15(12(3)25-18)16(24)14-5-4-6-21-17(14)19;;;;;;/h4-8,14,25H,1,9-12H2,2-3H3,(H2,24,26);2-6,13,24H,1,7-9H2,(H2,23,25);4-6,11,13,20H,7-10H2,1-3H3,(H2,19,21);6*1H/t;;13-;;;;;;/m..0....../s1. The number of aryl methyl sites for hydroxylation is 1. The number of carbonyl (C=O) groups excluding carboxylic acids is 3. The Kier molecular flexibility index (Phi) is 20.2. The third-order valence-corrected chi connectivity index (χ3v) is 14.5. The van der Waals surface area contributed by atoms with E-state index < -0.39 is 41.1 Å². The van der Waals surface area contributed by atoms with Crippen LogP contribution >= 0.6 is 11.3 Å². The number of rotatable bonds is 15. The maximum atomic E-state index is 14.1. The largest absolute Gasteiger partial charge is 0.405 e. The van der Waals surface area contributed by atoms with E-state index >= 15 is 0 Å². The predicted octanol–water partition coefficient (Wildman–Crippen LogP) is 9.68. The lowest BCUT2D eigenvalue weighted by Crippen LogP contribution is -2.57. The van der Waals surface area contributed by atoms with Crippen LogP contribution in [0.15, 0.2) is 92.4 Å². The molecule has 0 saturated carbocycles. The molecular weight excluding hydrogens is 1090 g/mol. The van der Waals surface area contributed by atoms with Gasteiger partial charge in [0.25, 0.3) is 0 Å². The molecule has 6 aromatic heterocycles. The number of nitrogens with two attached hydrogens (primary N) is 3. The molecule has 9 N–H and O–H groups in total. The van der Waals surface area contributed by atoms with Crippen LogP contribution in [0.5, 0.6) is 0 Å². The monoisotopic (exact) mass is 1170 g/mol. The summed E-state index contributed by atoms with van der Waals surface area (Å²) in [5, 5.41) is 10.2. The van der Waals surface area contributed by atoms with E-state index in [9.17, 15) is 40.7 Å². The van der Waals surface area contributed by atoms with Gasteiger partial charge in [-0.05, 0) is 100 Å². The Balaban J connectivity index is 0.000000640. The number of hydrogen-bond acceptors (Lipinski definition) is 19. The Hall–Kier alpha value is -7.87. The maximum absolute atomic E-state index is 14.1. The summed E-state index contributed by atoms with van der Waals surface area (Å²) < 4.78 is 81.0. The Morgan fingerprint density at radius 2 is 1.06 bits per heavy atom. The molecule has 0 bridgehead atoms. The molecule has 82 heavy (non-hydrogen) atoms. The summed E-state index contributed by atoms with van der Waals surface area (Å²) in [6.45, 7) is 20.5. The first kappa shape index (κ1) is 61.7. The van der Waals surface area contributed by atoms with Crippen molar-refractivity contribution in [3.05, 3.63) is 142 Å². The number of thiazole rings is 1. The number of pyridine rings is 5. The van der Waals surface area contributed by atoms with E-state index in [0.29, 0.717) is 55.1 Å². The van der Waals surface area contributed by atoms with Crippen LogP contribution in [0.1, 0.15) is 113 Å². The summed E-state index contributed by atoms with van der Waals surface area (Å²) in [6, 6.07) is 13.9. The van der Waals surface area contributed by atoms with Crippen LogP contribution in [0.2, 0.25) is 0 Å². The van der Waals surface area contributed by atoms with Crippen LogP contribution in [0.3, 0.4) is 0 Å². The summed E-state index contributed by atoms with van der Waals surface area (Å²) in [4.78, 5) is 70.2. The smallest absolute Gasteiger partial charge is 0.383 e. The zero-order chi connectivity index (χ0) is 59.6. The highest BCUT2D eigenvalue weighted by Gasteiger charge is 2.42. The van der Waals surface area contributed by atoms with Crippen molar-refractivity contribution in [2.75, 3.05) is 90.8 Å².